The average Bonchev–Trinajstić information content (AvgIpc) is 2.25. The zero-order chi connectivity index (χ0) is 12.8. The molecule has 1 aromatic rings. The van der Waals surface area contributed by atoms with E-state index in [0.29, 0.717) is 12.1 Å². The van der Waals surface area contributed by atoms with Crippen LogP contribution in [0.15, 0.2) is 22.7 Å². The topological polar surface area (TPSA) is 24.1 Å². The van der Waals surface area contributed by atoms with Gasteiger partial charge in [0.1, 0.15) is 0 Å². The van der Waals surface area contributed by atoms with Crippen LogP contribution in [-0.2, 0) is 6.54 Å². The van der Waals surface area contributed by atoms with Crippen LogP contribution in [0.25, 0.3) is 0 Å². The highest BCUT2D eigenvalue weighted by Gasteiger charge is 2.04. The number of rotatable bonds is 6. The SMILES string of the molecule is CC(C)NCC(C)NCc1ccc(Cl)cc1Br. The molecule has 1 unspecified atom stereocenters. The van der Waals surface area contributed by atoms with Gasteiger partial charge in [-0.05, 0) is 24.6 Å². The first-order chi connectivity index (χ1) is 7.99. The van der Waals surface area contributed by atoms with Gasteiger partial charge in [-0.2, -0.15) is 0 Å². The molecule has 0 amide bonds. The first-order valence-corrected chi connectivity index (χ1v) is 7.07. The lowest BCUT2D eigenvalue weighted by atomic mass is 10.2. The monoisotopic (exact) mass is 318 g/mol. The Morgan fingerprint density at radius 1 is 1.24 bits per heavy atom. The van der Waals surface area contributed by atoms with E-state index in [2.05, 4.69) is 47.3 Å². The van der Waals surface area contributed by atoms with Crippen molar-refractivity contribution in [3.05, 3.63) is 33.3 Å². The Bertz CT molecular complexity index is 355. The maximum absolute atomic E-state index is 5.90. The van der Waals surface area contributed by atoms with E-state index in [-0.39, 0.29) is 0 Å². The van der Waals surface area contributed by atoms with Crippen LogP contribution in [0.4, 0.5) is 0 Å². The quantitative estimate of drug-likeness (QED) is 0.837. The zero-order valence-corrected chi connectivity index (χ0v) is 12.9. The third kappa shape index (κ3) is 5.87. The third-order valence-corrected chi connectivity index (χ3v) is 3.46. The van der Waals surface area contributed by atoms with Crippen LogP contribution in [0.5, 0.6) is 0 Å². The van der Waals surface area contributed by atoms with Gasteiger partial charge in [0.05, 0.1) is 0 Å². The van der Waals surface area contributed by atoms with Gasteiger partial charge in [-0.3, -0.25) is 0 Å². The summed E-state index contributed by atoms with van der Waals surface area (Å²) in [5.41, 5.74) is 1.23. The minimum absolute atomic E-state index is 0.444. The van der Waals surface area contributed by atoms with Gasteiger partial charge in [0.2, 0.25) is 0 Å². The molecule has 0 aliphatic rings. The Morgan fingerprint density at radius 3 is 2.53 bits per heavy atom. The van der Waals surface area contributed by atoms with Gasteiger partial charge < -0.3 is 10.6 Å². The number of halogens is 2. The minimum Gasteiger partial charge on any atom is -0.313 e. The summed E-state index contributed by atoms with van der Waals surface area (Å²) >= 11 is 9.42. The molecule has 2 nitrogen and oxygen atoms in total. The largest absolute Gasteiger partial charge is 0.313 e. The molecule has 1 atom stereocenters. The van der Waals surface area contributed by atoms with Gasteiger partial charge in [0.15, 0.2) is 0 Å². The molecule has 1 rings (SSSR count). The van der Waals surface area contributed by atoms with Crippen molar-refractivity contribution in [2.24, 2.45) is 0 Å². The van der Waals surface area contributed by atoms with Gasteiger partial charge >= 0.3 is 0 Å². The van der Waals surface area contributed by atoms with Gasteiger partial charge in [0, 0.05) is 34.7 Å². The highest BCUT2D eigenvalue weighted by Crippen LogP contribution is 2.21. The summed E-state index contributed by atoms with van der Waals surface area (Å²) in [5, 5.41) is 7.65. The molecule has 0 aliphatic carbocycles. The van der Waals surface area contributed by atoms with Crippen molar-refractivity contribution in [1.29, 1.82) is 0 Å². The van der Waals surface area contributed by atoms with Gasteiger partial charge in [-0.25, -0.2) is 0 Å². The minimum atomic E-state index is 0.444. The van der Waals surface area contributed by atoms with Crippen molar-refractivity contribution in [3.8, 4) is 0 Å². The Hall–Kier alpha value is -0.0900. The van der Waals surface area contributed by atoms with E-state index in [1.54, 1.807) is 0 Å². The van der Waals surface area contributed by atoms with E-state index < -0.39 is 0 Å². The molecule has 0 spiro atoms. The Kier molecular flexibility index (Phi) is 6.49. The molecule has 96 valence electrons. The second-order valence-corrected chi connectivity index (χ2v) is 5.87. The van der Waals surface area contributed by atoms with Crippen LogP contribution in [0.1, 0.15) is 26.3 Å². The summed E-state index contributed by atoms with van der Waals surface area (Å²) in [6.45, 7) is 8.31. The summed E-state index contributed by atoms with van der Waals surface area (Å²) in [6, 6.07) is 6.86. The first-order valence-electron chi connectivity index (χ1n) is 5.89. The molecular formula is C13H20BrClN2. The van der Waals surface area contributed by atoms with Gasteiger partial charge in [-0.1, -0.05) is 47.4 Å². The Balaban J connectivity index is 2.39. The molecule has 0 heterocycles. The zero-order valence-electron chi connectivity index (χ0n) is 10.6. The lowest BCUT2D eigenvalue weighted by molar-refractivity contribution is 0.473. The van der Waals surface area contributed by atoms with Crippen molar-refractivity contribution in [2.75, 3.05) is 6.54 Å². The molecule has 4 heteroatoms. The fourth-order valence-corrected chi connectivity index (χ4v) is 2.26. The Labute approximate surface area is 117 Å². The van der Waals surface area contributed by atoms with E-state index >= 15 is 0 Å². The molecule has 17 heavy (non-hydrogen) atoms. The van der Waals surface area contributed by atoms with E-state index in [9.17, 15) is 0 Å². The summed E-state index contributed by atoms with van der Waals surface area (Å²) in [6.07, 6.45) is 0. The molecule has 0 bridgehead atoms. The van der Waals surface area contributed by atoms with Crippen molar-refractivity contribution in [3.63, 3.8) is 0 Å². The van der Waals surface area contributed by atoms with Crippen molar-refractivity contribution >= 4 is 27.5 Å². The van der Waals surface area contributed by atoms with Crippen molar-refractivity contribution in [1.82, 2.24) is 10.6 Å². The average molecular weight is 320 g/mol. The number of hydrogen-bond acceptors (Lipinski definition) is 2. The second kappa shape index (κ2) is 7.37. The highest BCUT2D eigenvalue weighted by molar-refractivity contribution is 9.10. The molecular weight excluding hydrogens is 300 g/mol. The van der Waals surface area contributed by atoms with Crippen LogP contribution < -0.4 is 10.6 Å². The normalized spacial score (nSPS) is 13.1. The summed E-state index contributed by atoms with van der Waals surface area (Å²) in [5.74, 6) is 0. The standard InChI is InChI=1S/C13H20BrClN2/c1-9(2)16-7-10(3)17-8-11-4-5-12(15)6-13(11)14/h4-6,9-10,16-17H,7-8H2,1-3H3. The molecule has 0 aliphatic heterocycles. The number of hydrogen-bond donors (Lipinski definition) is 2. The molecule has 1 aromatic carbocycles. The van der Waals surface area contributed by atoms with Crippen LogP contribution in [0.2, 0.25) is 5.02 Å². The highest BCUT2D eigenvalue weighted by atomic mass is 79.9. The molecule has 0 saturated heterocycles. The lowest BCUT2D eigenvalue weighted by Crippen LogP contribution is -2.38. The lowest BCUT2D eigenvalue weighted by Gasteiger charge is -2.17. The molecule has 0 radical (unpaired) electrons. The third-order valence-electron chi connectivity index (χ3n) is 2.49. The van der Waals surface area contributed by atoms with Crippen molar-refractivity contribution in [2.45, 2.75) is 39.4 Å². The number of nitrogens with one attached hydrogen (secondary N) is 2. The van der Waals surface area contributed by atoms with Crippen LogP contribution in [-0.4, -0.2) is 18.6 Å². The first kappa shape index (κ1) is 15.0. The molecule has 2 N–H and O–H groups in total. The van der Waals surface area contributed by atoms with E-state index in [1.165, 1.54) is 5.56 Å². The molecule has 0 saturated carbocycles. The fourth-order valence-electron chi connectivity index (χ4n) is 1.43. The van der Waals surface area contributed by atoms with Crippen LogP contribution >= 0.6 is 27.5 Å². The van der Waals surface area contributed by atoms with E-state index in [1.807, 2.05) is 18.2 Å². The van der Waals surface area contributed by atoms with Crippen molar-refractivity contribution < 1.29 is 0 Å². The van der Waals surface area contributed by atoms with Gasteiger partial charge in [-0.15, -0.1) is 0 Å². The smallest absolute Gasteiger partial charge is 0.0417 e. The molecule has 0 aromatic heterocycles. The predicted molar refractivity (Wildman–Crippen MR) is 78.6 cm³/mol. The Morgan fingerprint density at radius 2 is 1.94 bits per heavy atom. The number of benzene rings is 1. The second-order valence-electron chi connectivity index (χ2n) is 4.58. The predicted octanol–water partition coefficient (Wildman–Crippen LogP) is 3.58. The summed E-state index contributed by atoms with van der Waals surface area (Å²) in [4.78, 5) is 0. The summed E-state index contributed by atoms with van der Waals surface area (Å²) < 4.78 is 1.06. The maximum Gasteiger partial charge on any atom is 0.0417 e. The van der Waals surface area contributed by atoms with E-state index in [4.69, 9.17) is 11.6 Å². The van der Waals surface area contributed by atoms with Crippen LogP contribution in [0, 0.1) is 0 Å². The van der Waals surface area contributed by atoms with Crippen LogP contribution in [0.3, 0.4) is 0 Å². The maximum atomic E-state index is 5.90. The van der Waals surface area contributed by atoms with Gasteiger partial charge in [0.25, 0.3) is 0 Å². The van der Waals surface area contributed by atoms with E-state index in [0.717, 1.165) is 22.6 Å². The molecule has 0 fully saturated rings. The summed E-state index contributed by atoms with van der Waals surface area (Å²) in [7, 11) is 0. The fraction of sp³-hybridized carbons (Fsp3) is 0.538.